The number of benzene rings is 1. The van der Waals surface area contributed by atoms with Crippen LogP contribution in [0.4, 0.5) is 0 Å². The van der Waals surface area contributed by atoms with Crippen molar-refractivity contribution < 1.29 is 0 Å². The van der Waals surface area contributed by atoms with Crippen molar-refractivity contribution in [3.63, 3.8) is 0 Å². The predicted molar refractivity (Wildman–Crippen MR) is 72.4 cm³/mol. The van der Waals surface area contributed by atoms with Crippen molar-refractivity contribution in [2.75, 3.05) is 13.6 Å². The SMILES string of the molecule is CCc1ccc2c(c1)nc(CCNC)n2CC. The van der Waals surface area contributed by atoms with Crippen LogP contribution in [0.3, 0.4) is 0 Å². The molecule has 3 heteroatoms. The highest BCUT2D eigenvalue weighted by Crippen LogP contribution is 2.18. The van der Waals surface area contributed by atoms with E-state index in [1.54, 1.807) is 0 Å². The third kappa shape index (κ3) is 2.34. The first-order valence-corrected chi connectivity index (χ1v) is 6.42. The maximum absolute atomic E-state index is 4.75. The third-order valence-electron chi connectivity index (χ3n) is 3.21. The third-order valence-corrected chi connectivity index (χ3v) is 3.21. The number of aromatic nitrogens is 2. The second-order valence-electron chi connectivity index (χ2n) is 4.30. The van der Waals surface area contributed by atoms with Gasteiger partial charge in [-0.05, 0) is 38.1 Å². The highest BCUT2D eigenvalue weighted by molar-refractivity contribution is 5.77. The first kappa shape index (κ1) is 12.1. The van der Waals surface area contributed by atoms with Crippen LogP contribution in [0.25, 0.3) is 11.0 Å². The smallest absolute Gasteiger partial charge is 0.111 e. The number of likely N-dealkylation sites (N-methyl/N-ethyl adjacent to an activating group) is 1. The first-order valence-electron chi connectivity index (χ1n) is 6.42. The molecule has 0 amide bonds. The lowest BCUT2D eigenvalue weighted by atomic mass is 10.1. The van der Waals surface area contributed by atoms with Gasteiger partial charge in [0.25, 0.3) is 0 Å². The summed E-state index contributed by atoms with van der Waals surface area (Å²) in [5.74, 6) is 1.19. The lowest BCUT2D eigenvalue weighted by Crippen LogP contribution is -2.13. The van der Waals surface area contributed by atoms with E-state index in [9.17, 15) is 0 Å². The van der Waals surface area contributed by atoms with Crippen molar-refractivity contribution >= 4 is 11.0 Å². The van der Waals surface area contributed by atoms with Gasteiger partial charge < -0.3 is 9.88 Å². The topological polar surface area (TPSA) is 29.9 Å². The van der Waals surface area contributed by atoms with Gasteiger partial charge in [-0.1, -0.05) is 13.0 Å². The van der Waals surface area contributed by atoms with E-state index in [2.05, 4.69) is 41.9 Å². The van der Waals surface area contributed by atoms with Gasteiger partial charge in [-0.15, -0.1) is 0 Å². The van der Waals surface area contributed by atoms with Crippen LogP contribution in [0.15, 0.2) is 18.2 Å². The number of aryl methyl sites for hydroxylation is 2. The molecule has 92 valence electrons. The minimum Gasteiger partial charge on any atom is -0.328 e. The molecule has 3 nitrogen and oxygen atoms in total. The fourth-order valence-electron chi connectivity index (χ4n) is 2.23. The molecule has 0 saturated carbocycles. The van der Waals surface area contributed by atoms with Crippen LogP contribution < -0.4 is 5.32 Å². The first-order chi connectivity index (χ1) is 8.30. The lowest BCUT2D eigenvalue weighted by Gasteiger charge is -2.05. The quantitative estimate of drug-likeness (QED) is 0.856. The van der Waals surface area contributed by atoms with Crippen molar-refractivity contribution in [3.05, 3.63) is 29.6 Å². The van der Waals surface area contributed by atoms with E-state index in [1.165, 1.54) is 16.9 Å². The molecule has 1 aromatic carbocycles. The number of hydrogen-bond acceptors (Lipinski definition) is 2. The van der Waals surface area contributed by atoms with Crippen LogP contribution in [-0.4, -0.2) is 23.1 Å². The number of rotatable bonds is 5. The molecule has 0 atom stereocenters. The summed E-state index contributed by atoms with van der Waals surface area (Å²) in [5.41, 5.74) is 3.76. The molecular formula is C14H21N3. The Balaban J connectivity index is 2.46. The Kier molecular flexibility index (Phi) is 3.79. The second kappa shape index (κ2) is 5.32. The van der Waals surface area contributed by atoms with Crippen LogP contribution in [-0.2, 0) is 19.4 Å². The Morgan fingerprint density at radius 2 is 2.12 bits per heavy atom. The lowest BCUT2D eigenvalue weighted by molar-refractivity contribution is 0.681. The maximum atomic E-state index is 4.75. The van der Waals surface area contributed by atoms with E-state index in [-0.39, 0.29) is 0 Å². The van der Waals surface area contributed by atoms with Crippen molar-refractivity contribution in [3.8, 4) is 0 Å². The van der Waals surface area contributed by atoms with Crippen molar-refractivity contribution in [1.29, 1.82) is 0 Å². The van der Waals surface area contributed by atoms with Crippen molar-refractivity contribution in [2.24, 2.45) is 0 Å². The predicted octanol–water partition coefficient (Wildman–Crippen LogP) is 2.38. The molecule has 0 aliphatic carbocycles. The highest BCUT2D eigenvalue weighted by atomic mass is 15.1. The molecule has 0 aliphatic heterocycles. The molecule has 2 rings (SSSR count). The second-order valence-corrected chi connectivity index (χ2v) is 4.30. The zero-order valence-electron chi connectivity index (χ0n) is 11.0. The number of nitrogens with one attached hydrogen (secondary N) is 1. The molecule has 0 spiro atoms. The summed E-state index contributed by atoms with van der Waals surface area (Å²) in [6, 6.07) is 6.62. The fraction of sp³-hybridized carbons (Fsp3) is 0.500. The van der Waals surface area contributed by atoms with Crippen molar-refractivity contribution in [2.45, 2.75) is 33.2 Å². The van der Waals surface area contributed by atoms with Crippen LogP contribution in [0.1, 0.15) is 25.2 Å². The van der Waals surface area contributed by atoms with Crippen molar-refractivity contribution in [1.82, 2.24) is 14.9 Å². The summed E-state index contributed by atoms with van der Waals surface area (Å²) in [4.78, 5) is 4.75. The van der Waals surface area contributed by atoms with Gasteiger partial charge in [0, 0.05) is 19.5 Å². The van der Waals surface area contributed by atoms with Gasteiger partial charge in [-0.25, -0.2) is 4.98 Å². The standard InChI is InChI=1S/C14H21N3/c1-4-11-6-7-13-12(10-11)16-14(8-9-15-3)17(13)5-2/h6-7,10,15H,4-5,8-9H2,1-3H3. The summed E-state index contributed by atoms with van der Waals surface area (Å²) in [5, 5.41) is 3.18. The van der Waals surface area contributed by atoms with E-state index >= 15 is 0 Å². The van der Waals surface area contributed by atoms with Crippen LogP contribution in [0, 0.1) is 0 Å². The fourth-order valence-corrected chi connectivity index (χ4v) is 2.23. The molecule has 0 bridgehead atoms. The molecule has 0 aliphatic rings. The Labute approximate surface area is 103 Å². The molecule has 0 radical (unpaired) electrons. The van der Waals surface area contributed by atoms with Gasteiger partial charge in [0.2, 0.25) is 0 Å². The maximum Gasteiger partial charge on any atom is 0.111 e. The summed E-state index contributed by atoms with van der Waals surface area (Å²) in [7, 11) is 1.98. The number of fused-ring (bicyclic) bond motifs is 1. The summed E-state index contributed by atoms with van der Waals surface area (Å²) >= 11 is 0. The average molecular weight is 231 g/mol. The molecule has 1 heterocycles. The summed E-state index contributed by atoms with van der Waals surface area (Å²) < 4.78 is 2.31. The van der Waals surface area contributed by atoms with Gasteiger partial charge in [0.15, 0.2) is 0 Å². The molecule has 17 heavy (non-hydrogen) atoms. The Morgan fingerprint density at radius 3 is 2.76 bits per heavy atom. The summed E-state index contributed by atoms with van der Waals surface area (Å²) in [6.45, 7) is 6.32. The number of imidazole rings is 1. The van der Waals surface area contributed by atoms with E-state index in [1.807, 2.05) is 7.05 Å². The van der Waals surface area contributed by atoms with E-state index in [0.717, 1.165) is 31.4 Å². The number of nitrogens with zero attached hydrogens (tertiary/aromatic N) is 2. The molecule has 0 fully saturated rings. The van der Waals surface area contributed by atoms with Gasteiger partial charge in [0.05, 0.1) is 11.0 Å². The largest absolute Gasteiger partial charge is 0.328 e. The van der Waals surface area contributed by atoms with E-state index < -0.39 is 0 Å². The zero-order valence-corrected chi connectivity index (χ0v) is 11.0. The highest BCUT2D eigenvalue weighted by Gasteiger charge is 2.09. The van der Waals surface area contributed by atoms with Crippen LogP contribution in [0.2, 0.25) is 0 Å². The van der Waals surface area contributed by atoms with Gasteiger partial charge in [0.1, 0.15) is 5.82 Å². The molecular weight excluding hydrogens is 210 g/mol. The zero-order chi connectivity index (χ0) is 12.3. The molecule has 0 saturated heterocycles. The molecule has 0 unspecified atom stereocenters. The van der Waals surface area contributed by atoms with Crippen LogP contribution >= 0.6 is 0 Å². The van der Waals surface area contributed by atoms with Gasteiger partial charge in [-0.2, -0.15) is 0 Å². The summed E-state index contributed by atoms with van der Waals surface area (Å²) in [6.07, 6.45) is 2.06. The van der Waals surface area contributed by atoms with E-state index in [4.69, 9.17) is 4.98 Å². The minimum atomic E-state index is 0.976. The Morgan fingerprint density at radius 1 is 1.29 bits per heavy atom. The van der Waals surface area contributed by atoms with Crippen LogP contribution in [0.5, 0.6) is 0 Å². The normalized spacial score (nSPS) is 11.2. The molecule has 2 aromatic rings. The van der Waals surface area contributed by atoms with Gasteiger partial charge >= 0.3 is 0 Å². The molecule has 1 aromatic heterocycles. The monoisotopic (exact) mass is 231 g/mol. The minimum absolute atomic E-state index is 0.976. The molecule has 1 N–H and O–H groups in total. The van der Waals surface area contributed by atoms with Gasteiger partial charge in [-0.3, -0.25) is 0 Å². The Hall–Kier alpha value is -1.35. The Bertz CT molecular complexity index is 499. The van der Waals surface area contributed by atoms with E-state index in [0.29, 0.717) is 0 Å². The average Bonchev–Trinajstić information content (AvgIpc) is 2.72. The number of hydrogen-bond donors (Lipinski definition) is 1.